The van der Waals surface area contributed by atoms with Crippen molar-refractivity contribution in [2.45, 2.75) is 25.9 Å². The molecule has 1 unspecified atom stereocenters. The van der Waals surface area contributed by atoms with E-state index in [4.69, 9.17) is 9.73 Å². The average Bonchev–Trinajstić information content (AvgIpc) is 3.27. The van der Waals surface area contributed by atoms with Crippen molar-refractivity contribution in [3.05, 3.63) is 59.9 Å². The van der Waals surface area contributed by atoms with Crippen LogP contribution in [-0.2, 0) is 11.3 Å². The zero-order chi connectivity index (χ0) is 21.5. The fraction of sp³-hybridized carbons (Fsp3) is 0.458. The molecule has 1 atom stereocenters. The molecule has 4 rings (SSSR count). The van der Waals surface area contributed by atoms with Gasteiger partial charge in [-0.1, -0.05) is 24.3 Å². The zero-order valence-corrected chi connectivity index (χ0v) is 20.9. The van der Waals surface area contributed by atoms with Gasteiger partial charge >= 0.3 is 0 Å². The Balaban J connectivity index is 0.00000289. The summed E-state index contributed by atoms with van der Waals surface area (Å²) in [5.41, 5.74) is 2.77. The summed E-state index contributed by atoms with van der Waals surface area (Å²) >= 11 is 0. The minimum atomic E-state index is -0.193. The van der Waals surface area contributed by atoms with Gasteiger partial charge in [0.2, 0.25) is 0 Å². The molecule has 2 heterocycles. The Morgan fingerprint density at radius 3 is 2.59 bits per heavy atom. The van der Waals surface area contributed by atoms with Crippen molar-refractivity contribution >= 4 is 41.3 Å². The number of aliphatic imine (C=N–C) groups is 1. The van der Waals surface area contributed by atoms with Gasteiger partial charge in [0.1, 0.15) is 5.82 Å². The predicted molar refractivity (Wildman–Crippen MR) is 140 cm³/mol. The molecule has 0 aliphatic carbocycles. The van der Waals surface area contributed by atoms with E-state index in [0.29, 0.717) is 31.5 Å². The van der Waals surface area contributed by atoms with E-state index in [9.17, 15) is 4.39 Å². The summed E-state index contributed by atoms with van der Waals surface area (Å²) in [5, 5.41) is 6.86. The van der Waals surface area contributed by atoms with Crippen LogP contribution in [0.25, 0.3) is 0 Å². The van der Waals surface area contributed by atoms with Gasteiger partial charge in [-0.3, -0.25) is 0 Å². The molecule has 6 nitrogen and oxygen atoms in total. The van der Waals surface area contributed by atoms with Gasteiger partial charge in [-0.2, -0.15) is 0 Å². The normalized spacial score (nSPS) is 18.9. The lowest BCUT2D eigenvalue weighted by Gasteiger charge is -2.29. The van der Waals surface area contributed by atoms with Crippen LogP contribution >= 0.6 is 24.0 Å². The number of morpholine rings is 1. The average molecular weight is 553 g/mol. The highest BCUT2D eigenvalue weighted by Gasteiger charge is 2.23. The number of rotatable bonds is 6. The Bertz CT molecular complexity index is 876. The van der Waals surface area contributed by atoms with Gasteiger partial charge < -0.3 is 25.2 Å². The van der Waals surface area contributed by atoms with E-state index < -0.39 is 0 Å². The van der Waals surface area contributed by atoms with Gasteiger partial charge in [0.15, 0.2) is 5.96 Å². The summed E-state index contributed by atoms with van der Waals surface area (Å²) < 4.78 is 20.0. The van der Waals surface area contributed by atoms with Crippen LogP contribution in [-0.4, -0.2) is 57.9 Å². The second-order valence-electron chi connectivity index (χ2n) is 7.99. The number of para-hydroxylation sites is 1. The van der Waals surface area contributed by atoms with Crippen LogP contribution < -0.4 is 20.4 Å². The van der Waals surface area contributed by atoms with E-state index in [0.717, 1.165) is 50.7 Å². The Morgan fingerprint density at radius 2 is 1.88 bits per heavy atom. The summed E-state index contributed by atoms with van der Waals surface area (Å²) in [5.74, 6) is 0.585. The van der Waals surface area contributed by atoms with Gasteiger partial charge in [-0.05, 0) is 43.2 Å². The molecule has 0 spiro atoms. The molecule has 2 N–H and O–H groups in total. The number of halogens is 2. The molecule has 2 aliphatic rings. The molecule has 0 amide bonds. The third-order valence-corrected chi connectivity index (χ3v) is 5.78. The molecule has 2 aromatic rings. The second-order valence-corrected chi connectivity index (χ2v) is 7.99. The number of nitrogens with zero attached hydrogens (tertiary/aromatic N) is 3. The number of guanidine groups is 1. The molecular weight excluding hydrogens is 520 g/mol. The van der Waals surface area contributed by atoms with Crippen LogP contribution in [0, 0.1) is 5.82 Å². The standard InChI is InChI=1S/C24H32FN5O.HI/c1-2-26-24(28-20-10-11-30(18-20)21-6-4-3-5-7-21)27-17-19-8-9-23(22(25)16-19)29-12-14-31-15-13-29;/h3-9,16,20H,2,10-15,17-18H2,1H3,(H2,26,27,28);1H. The van der Waals surface area contributed by atoms with Gasteiger partial charge in [-0.25, -0.2) is 9.38 Å². The Labute approximate surface area is 207 Å². The van der Waals surface area contributed by atoms with Crippen molar-refractivity contribution in [2.75, 3.05) is 55.7 Å². The Morgan fingerprint density at radius 1 is 1.09 bits per heavy atom. The van der Waals surface area contributed by atoms with E-state index in [1.807, 2.05) is 23.1 Å². The number of nitrogens with one attached hydrogen (secondary N) is 2. The molecule has 32 heavy (non-hydrogen) atoms. The molecule has 174 valence electrons. The smallest absolute Gasteiger partial charge is 0.191 e. The van der Waals surface area contributed by atoms with Crippen molar-refractivity contribution < 1.29 is 9.13 Å². The molecule has 0 bridgehead atoms. The quantitative estimate of drug-likeness (QED) is 0.326. The van der Waals surface area contributed by atoms with Crippen molar-refractivity contribution in [2.24, 2.45) is 4.99 Å². The molecule has 0 saturated carbocycles. The molecule has 2 aliphatic heterocycles. The van der Waals surface area contributed by atoms with E-state index in [1.165, 1.54) is 5.69 Å². The number of anilines is 2. The van der Waals surface area contributed by atoms with Gasteiger partial charge in [-0.15, -0.1) is 24.0 Å². The first kappa shape index (κ1) is 24.6. The molecule has 8 heteroatoms. The second kappa shape index (κ2) is 12.2. The SMILES string of the molecule is CCNC(=NCc1ccc(N2CCOCC2)c(F)c1)NC1CCN(c2ccccc2)C1.I. The summed E-state index contributed by atoms with van der Waals surface area (Å²) in [6.07, 6.45) is 1.06. The number of benzene rings is 2. The molecule has 0 aromatic heterocycles. The van der Waals surface area contributed by atoms with Gasteiger partial charge in [0.25, 0.3) is 0 Å². The maximum atomic E-state index is 14.7. The molecule has 2 fully saturated rings. The summed E-state index contributed by atoms with van der Waals surface area (Å²) in [7, 11) is 0. The lowest BCUT2D eigenvalue weighted by molar-refractivity contribution is 0.122. The maximum absolute atomic E-state index is 14.7. The molecular formula is C24H33FIN5O. The predicted octanol–water partition coefficient (Wildman–Crippen LogP) is 3.61. The fourth-order valence-electron chi connectivity index (χ4n) is 4.14. The third-order valence-electron chi connectivity index (χ3n) is 5.78. The fourth-order valence-corrected chi connectivity index (χ4v) is 4.14. The van der Waals surface area contributed by atoms with E-state index in [-0.39, 0.29) is 29.8 Å². The Kier molecular flexibility index (Phi) is 9.40. The molecule has 0 radical (unpaired) electrons. The van der Waals surface area contributed by atoms with Gasteiger partial charge in [0.05, 0.1) is 25.4 Å². The van der Waals surface area contributed by atoms with Crippen molar-refractivity contribution in [3.8, 4) is 0 Å². The summed E-state index contributed by atoms with van der Waals surface area (Å²) in [6.45, 7) is 7.98. The lowest BCUT2D eigenvalue weighted by atomic mass is 10.1. The van der Waals surface area contributed by atoms with Gasteiger partial charge in [0, 0.05) is 44.5 Å². The van der Waals surface area contributed by atoms with Crippen LogP contribution in [0.5, 0.6) is 0 Å². The first-order chi connectivity index (χ1) is 15.2. The summed E-state index contributed by atoms with van der Waals surface area (Å²) in [4.78, 5) is 9.13. The number of ether oxygens (including phenoxy) is 1. The van der Waals surface area contributed by atoms with Crippen molar-refractivity contribution in [1.29, 1.82) is 0 Å². The van der Waals surface area contributed by atoms with Crippen LogP contribution in [0.4, 0.5) is 15.8 Å². The largest absolute Gasteiger partial charge is 0.378 e. The first-order valence-corrected chi connectivity index (χ1v) is 11.2. The van der Waals surface area contributed by atoms with Crippen molar-refractivity contribution in [3.63, 3.8) is 0 Å². The first-order valence-electron chi connectivity index (χ1n) is 11.2. The highest BCUT2D eigenvalue weighted by atomic mass is 127. The highest BCUT2D eigenvalue weighted by Crippen LogP contribution is 2.22. The van der Waals surface area contributed by atoms with E-state index in [2.05, 4.69) is 46.7 Å². The molecule has 2 aromatic carbocycles. The lowest BCUT2D eigenvalue weighted by Crippen LogP contribution is -2.44. The zero-order valence-electron chi connectivity index (χ0n) is 18.6. The van der Waals surface area contributed by atoms with E-state index >= 15 is 0 Å². The van der Waals surface area contributed by atoms with E-state index in [1.54, 1.807) is 6.07 Å². The van der Waals surface area contributed by atoms with Crippen molar-refractivity contribution in [1.82, 2.24) is 10.6 Å². The highest BCUT2D eigenvalue weighted by molar-refractivity contribution is 14.0. The summed E-state index contributed by atoms with van der Waals surface area (Å²) in [6, 6.07) is 16.3. The van der Waals surface area contributed by atoms with Crippen LogP contribution in [0.3, 0.4) is 0 Å². The van der Waals surface area contributed by atoms with Crippen LogP contribution in [0.2, 0.25) is 0 Å². The van der Waals surface area contributed by atoms with Crippen LogP contribution in [0.15, 0.2) is 53.5 Å². The number of hydrogen-bond acceptors (Lipinski definition) is 4. The maximum Gasteiger partial charge on any atom is 0.191 e. The monoisotopic (exact) mass is 553 g/mol. The third kappa shape index (κ3) is 6.48. The molecule has 2 saturated heterocycles. The Hall–Kier alpha value is -2.07. The number of hydrogen-bond donors (Lipinski definition) is 2. The minimum absolute atomic E-state index is 0. The minimum Gasteiger partial charge on any atom is -0.378 e. The van der Waals surface area contributed by atoms with Crippen LogP contribution in [0.1, 0.15) is 18.9 Å². The topological polar surface area (TPSA) is 52.1 Å².